The molecule has 0 aromatic heterocycles. The number of aliphatic hydroxyl groups excluding tert-OH is 1. The molecule has 5 N–H and O–H groups in total. The average Bonchev–Trinajstić information content (AvgIpc) is 2.71. The van der Waals surface area contributed by atoms with Crippen LogP contribution < -0.4 is 11.6 Å². The van der Waals surface area contributed by atoms with E-state index in [0.29, 0.717) is 5.01 Å². The molecule has 0 aliphatic heterocycles. The van der Waals surface area contributed by atoms with Crippen molar-refractivity contribution in [2.45, 2.75) is 44.2 Å². The Morgan fingerprint density at radius 3 is 2.38 bits per heavy atom. The monoisotopic (exact) mass is 355 g/mol. The predicted molar refractivity (Wildman–Crippen MR) is 99.9 cm³/mol. The molecule has 1 aliphatic rings. The van der Waals surface area contributed by atoms with Crippen LogP contribution in [0.1, 0.15) is 42.5 Å². The summed E-state index contributed by atoms with van der Waals surface area (Å²) in [6.07, 6.45) is 3.52. The number of hydrogen-bond acceptors (Lipinski definition) is 5. The van der Waals surface area contributed by atoms with Crippen molar-refractivity contribution in [1.29, 1.82) is 0 Å². The average molecular weight is 355 g/mol. The van der Waals surface area contributed by atoms with Crippen LogP contribution in [0.25, 0.3) is 10.8 Å². The van der Waals surface area contributed by atoms with Gasteiger partial charge < -0.3 is 10.8 Å². The van der Waals surface area contributed by atoms with Gasteiger partial charge in [-0.3, -0.25) is 9.59 Å². The maximum Gasteiger partial charge on any atom is 0.274 e. The lowest BCUT2D eigenvalue weighted by atomic mass is 9.82. The quantitative estimate of drug-likeness (QED) is 0.441. The van der Waals surface area contributed by atoms with Crippen LogP contribution in [0.5, 0.6) is 0 Å². The van der Waals surface area contributed by atoms with Crippen molar-refractivity contribution in [3.05, 3.63) is 48.0 Å². The van der Waals surface area contributed by atoms with Gasteiger partial charge in [0.15, 0.2) is 0 Å². The summed E-state index contributed by atoms with van der Waals surface area (Å²) in [5.74, 6) is 4.28. The fourth-order valence-electron chi connectivity index (χ4n) is 3.65. The Balaban J connectivity index is 1.72. The van der Waals surface area contributed by atoms with Crippen molar-refractivity contribution < 1.29 is 14.7 Å². The van der Waals surface area contributed by atoms with E-state index in [9.17, 15) is 14.7 Å². The second-order valence-corrected chi connectivity index (χ2v) is 7.00. The van der Waals surface area contributed by atoms with Crippen LogP contribution in [0.3, 0.4) is 0 Å². The lowest BCUT2D eigenvalue weighted by Crippen LogP contribution is -2.55. The first-order chi connectivity index (χ1) is 12.5. The predicted octanol–water partition coefficient (Wildman–Crippen LogP) is 1.95. The molecule has 138 valence electrons. The molecule has 2 aromatic rings. The van der Waals surface area contributed by atoms with Crippen LogP contribution in [-0.2, 0) is 4.79 Å². The van der Waals surface area contributed by atoms with E-state index < -0.39 is 24.0 Å². The Kier molecular flexibility index (Phi) is 5.66. The number of aliphatic hydroxyl groups is 1. The van der Waals surface area contributed by atoms with Crippen LogP contribution >= 0.6 is 0 Å². The molecule has 26 heavy (non-hydrogen) atoms. The number of fused-ring (bicyclic) bond motifs is 1. The third-order valence-corrected chi connectivity index (χ3v) is 5.26. The molecule has 0 radical (unpaired) electrons. The van der Waals surface area contributed by atoms with Crippen molar-refractivity contribution in [3.63, 3.8) is 0 Å². The molecule has 1 saturated carbocycles. The molecule has 0 saturated heterocycles. The SMILES string of the molecule is N[C@H](C1CCCCC1)C(O)C(=O)N(N)C(=O)c1ccc2ccccc2c1. The molecular weight excluding hydrogens is 330 g/mol. The number of hydrazine groups is 1. The number of benzene rings is 2. The number of imide groups is 1. The maximum absolute atomic E-state index is 12.6. The van der Waals surface area contributed by atoms with E-state index >= 15 is 0 Å². The summed E-state index contributed by atoms with van der Waals surface area (Å²) in [6.45, 7) is 0. The molecule has 6 nitrogen and oxygen atoms in total. The second-order valence-electron chi connectivity index (χ2n) is 7.00. The van der Waals surface area contributed by atoms with Crippen LogP contribution in [-0.4, -0.2) is 34.1 Å². The third kappa shape index (κ3) is 3.77. The van der Waals surface area contributed by atoms with Crippen molar-refractivity contribution in [1.82, 2.24) is 5.01 Å². The first-order valence-electron chi connectivity index (χ1n) is 9.04. The van der Waals surface area contributed by atoms with Gasteiger partial charge in [-0.1, -0.05) is 49.6 Å². The van der Waals surface area contributed by atoms with Crippen LogP contribution in [0.15, 0.2) is 42.5 Å². The van der Waals surface area contributed by atoms with Gasteiger partial charge in [-0.15, -0.1) is 0 Å². The van der Waals surface area contributed by atoms with Gasteiger partial charge in [-0.25, -0.2) is 10.9 Å². The molecule has 6 heteroatoms. The molecule has 0 heterocycles. The summed E-state index contributed by atoms with van der Waals surface area (Å²) >= 11 is 0. The fraction of sp³-hybridized carbons (Fsp3) is 0.400. The first kappa shape index (κ1) is 18.5. The minimum Gasteiger partial charge on any atom is -0.382 e. The zero-order valence-corrected chi connectivity index (χ0v) is 14.7. The van der Waals surface area contributed by atoms with Crippen molar-refractivity contribution >= 4 is 22.6 Å². The Bertz CT molecular complexity index is 802. The number of rotatable bonds is 4. The van der Waals surface area contributed by atoms with Crippen molar-refractivity contribution in [2.24, 2.45) is 17.5 Å². The first-order valence-corrected chi connectivity index (χ1v) is 9.04. The van der Waals surface area contributed by atoms with E-state index in [1.54, 1.807) is 18.2 Å². The van der Waals surface area contributed by atoms with E-state index in [0.717, 1.165) is 42.9 Å². The van der Waals surface area contributed by atoms with E-state index in [2.05, 4.69) is 0 Å². The highest BCUT2D eigenvalue weighted by molar-refractivity contribution is 6.07. The van der Waals surface area contributed by atoms with Gasteiger partial charge in [0.05, 0.1) is 0 Å². The lowest BCUT2D eigenvalue weighted by Gasteiger charge is -2.31. The van der Waals surface area contributed by atoms with E-state index in [-0.39, 0.29) is 11.5 Å². The largest absolute Gasteiger partial charge is 0.382 e. The highest BCUT2D eigenvalue weighted by Gasteiger charge is 2.34. The number of hydrogen-bond donors (Lipinski definition) is 3. The van der Waals surface area contributed by atoms with E-state index in [4.69, 9.17) is 11.6 Å². The zero-order chi connectivity index (χ0) is 18.7. The van der Waals surface area contributed by atoms with Crippen molar-refractivity contribution in [3.8, 4) is 0 Å². The minimum absolute atomic E-state index is 0.0758. The Morgan fingerprint density at radius 2 is 1.69 bits per heavy atom. The summed E-state index contributed by atoms with van der Waals surface area (Å²) in [4.78, 5) is 25.0. The molecule has 2 aromatic carbocycles. The summed E-state index contributed by atoms with van der Waals surface area (Å²) in [5.41, 5.74) is 6.37. The van der Waals surface area contributed by atoms with Gasteiger partial charge in [0.25, 0.3) is 11.8 Å². The lowest BCUT2D eigenvalue weighted by molar-refractivity contribution is -0.139. The second kappa shape index (κ2) is 7.95. The third-order valence-electron chi connectivity index (χ3n) is 5.26. The summed E-state index contributed by atoms with van der Waals surface area (Å²) in [5, 5.41) is 12.7. The summed E-state index contributed by atoms with van der Waals surface area (Å²) in [7, 11) is 0. The van der Waals surface area contributed by atoms with Crippen LogP contribution in [0.2, 0.25) is 0 Å². The summed E-state index contributed by atoms with van der Waals surface area (Å²) in [6, 6.07) is 12.0. The van der Waals surface area contributed by atoms with Gasteiger partial charge in [-0.05, 0) is 41.7 Å². The molecule has 1 fully saturated rings. The number of amides is 2. The molecule has 2 amide bonds. The zero-order valence-electron chi connectivity index (χ0n) is 14.7. The minimum atomic E-state index is -1.48. The molecule has 3 rings (SSSR count). The summed E-state index contributed by atoms with van der Waals surface area (Å²) < 4.78 is 0. The Hall–Kier alpha value is -2.28. The highest BCUT2D eigenvalue weighted by atomic mass is 16.3. The van der Waals surface area contributed by atoms with E-state index in [1.807, 2.05) is 24.3 Å². The molecular formula is C20H25N3O3. The maximum atomic E-state index is 12.6. The van der Waals surface area contributed by atoms with Gasteiger partial charge in [0.2, 0.25) is 0 Å². The Morgan fingerprint density at radius 1 is 1.04 bits per heavy atom. The molecule has 0 bridgehead atoms. The number of carbonyl (C=O) groups excluding carboxylic acids is 2. The van der Waals surface area contributed by atoms with Crippen LogP contribution in [0, 0.1) is 5.92 Å². The van der Waals surface area contributed by atoms with Crippen molar-refractivity contribution in [2.75, 3.05) is 0 Å². The topological polar surface area (TPSA) is 110 Å². The number of nitrogens with two attached hydrogens (primary N) is 2. The van der Waals surface area contributed by atoms with E-state index in [1.165, 1.54) is 0 Å². The number of nitrogens with zero attached hydrogens (tertiary/aromatic N) is 1. The molecule has 0 spiro atoms. The van der Waals surface area contributed by atoms with Gasteiger partial charge >= 0.3 is 0 Å². The highest BCUT2D eigenvalue weighted by Crippen LogP contribution is 2.27. The van der Waals surface area contributed by atoms with Gasteiger partial charge in [-0.2, -0.15) is 0 Å². The van der Waals surface area contributed by atoms with Gasteiger partial charge in [0, 0.05) is 11.6 Å². The number of carbonyl (C=O) groups is 2. The molecule has 1 aliphatic carbocycles. The smallest absolute Gasteiger partial charge is 0.274 e. The van der Waals surface area contributed by atoms with Gasteiger partial charge in [0.1, 0.15) is 6.10 Å². The fourth-order valence-corrected chi connectivity index (χ4v) is 3.65. The molecule has 2 atom stereocenters. The standard InChI is InChI=1S/C20H25N3O3/c21-17(14-7-2-1-3-8-14)18(24)20(26)23(22)19(25)16-11-10-13-6-4-5-9-15(13)12-16/h4-6,9-12,14,17-18,24H,1-3,7-8,21-22H2/t17-,18?/m1/s1. The normalized spacial score (nSPS) is 17.7. The molecule has 1 unspecified atom stereocenters. The van der Waals surface area contributed by atoms with Crippen LogP contribution in [0.4, 0.5) is 0 Å². The Labute approximate surface area is 152 Å².